The van der Waals surface area contributed by atoms with E-state index in [0.29, 0.717) is 12.5 Å². The number of rotatable bonds is 2. The minimum absolute atomic E-state index is 0.0901. The van der Waals surface area contributed by atoms with Crippen LogP contribution < -0.4 is 10.1 Å². The number of nitrogens with zero attached hydrogens (tertiary/aromatic N) is 2. The highest BCUT2D eigenvalue weighted by molar-refractivity contribution is 5.42. The van der Waals surface area contributed by atoms with Crippen LogP contribution in [-0.2, 0) is 0 Å². The summed E-state index contributed by atoms with van der Waals surface area (Å²) >= 11 is 0. The second-order valence-electron chi connectivity index (χ2n) is 5.39. The number of benzene rings is 1. The average Bonchev–Trinajstić information content (AvgIpc) is 3.14. The normalized spacial score (nSPS) is 25.2. The second kappa shape index (κ2) is 4.90. The zero-order valence-electron chi connectivity index (χ0n) is 11.2. The van der Waals surface area contributed by atoms with E-state index in [1.54, 1.807) is 0 Å². The van der Waals surface area contributed by atoms with Gasteiger partial charge in [-0.25, -0.2) is 0 Å². The van der Waals surface area contributed by atoms with Crippen LogP contribution in [0.15, 0.2) is 28.8 Å². The number of hydrogen-bond acceptors (Lipinski definition) is 5. The predicted molar refractivity (Wildman–Crippen MR) is 72.7 cm³/mol. The van der Waals surface area contributed by atoms with Gasteiger partial charge < -0.3 is 14.6 Å². The average molecular weight is 271 g/mol. The molecule has 0 aliphatic carbocycles. The maximum atomic E-state index is 5.68. The summed E-state index contributed by atoms with van der Waals surface area (Å²) < 4.78 is 11.1. The van der Waals surface area contributed by atoms with Crippen LogP contribution in [0, 0.1) is 0 Å². The van der Waals surface area contributed by atoms with Crippen LogP contribution in [0.3, 0.4) is 0 Å². The number of aromatic nitrogens is 2. The van der Waals surface area contributed by atoms with Crippen LogP contribution in [-0.4, -0.2) is 23.3 Å². The highest BCUT2D eigenvalue weighted by Crippen LogP contribution is 2.37. The summed E-state index contributed by atoms with van der Waals surface area (Å²) in [5.41, 5.74) is 1.15. The molecule has 2 aromatic rings. The van der Waals surface area contributed by atoms with E-state index in [2.05, 4.69) is 21.5 Å². The van der Waals surface area contributed by atoms with Gasteiger partial charge in [0.05, 0.1) is 12.0 Å². The molecular weight excluding hydrogens is 254 g/mol. The van der Waals surface area contributed by atoms with E-state index in [9.17, 15) is 0 Å². The Morgan fingerprint density at radius 3 is 3.05 bits per heavy atom. The van der Waals surface area contributed by atoms with Crippen LogP contribution in [0.1, 0.15) is 48.5 Å². The van der Waals surface area contributed by atoms with E-state index in [0.717, 1.165) is 30.1 Å². The maximum Gasteiger partial charge on any atom is 0.243 e. The van der Waals surface area contributed by atoms with Crippen molar-refractivity contribution in [2.24, 2.45) is 0 Å². The third-order valence-corrected chi connectivity index (χ3v) is 4.08. The van der Waals surface area contributed by atoms with Gasteiger partial charge >= 0.3 is 0 Å². The molecule has 0 radical (unpaired) electrons. The van der Waals surface area contributed by atoms with Gasteiger partial charge in [-0.05, 0) is 25.5 Å². The summed E-state index contributed by atoms with van der Waals surface area (Å²) in [5.74, 6) is 2.47. The van der Waals surface area contributed by atoms with Gasteiger partial charge in [0.25, 0.3) is 0 Å². The van der Waals surface area contributed by atoms with Crippen molar-refractivity contribution < 1.29 is 9.26 Å². The first-order chi connectivity index (χ1) is 9.92. The van der Waals surface area contributed by atoms with Gasteiger partial charge in [-0.15, -0.1) is 0 Å². The monoisotopic (exact) mass is 271 g/mol. The summed E-state index contributed by atoms with van der Waals surface area (Å²) in [6, 6.07) is 8.27. The lowest BCUT2D eigenvalue weighted by molar-refractivity contribution is 0.293. The molecule has 4 rings (SSSR count). The zero-order chi connectivity index (χ0) is 13.4. The molecule has 2 aliphatic rings. The summed E-state index contributed by atoms with van der Waals surface area (Å²) in [7, 11) is 0. The standard InChI is InChI=1S/C15H17N3O2/c1-2-7-13-10(5-1)11(9-19-13)14-17-15(20-18-14)12-6-3-4-8-16-12/h1-2,5,7,11-12,16H,3-4,6,8-9H2. The van der Waals surface area contributed by atoms with Gasteiger partial charge in [0, 0.05) is 5.56 Å². The van der Waals surface area contributed by atoms with E-state index in [-0.39, 0.29) is 12.0 Å². The fourth-order valence-corrected chi connectivity index (χ4v) is 2.97. The fourth-order valence-electron chi connectivity index (χ4n) is 2.97. The molecule has 20 heavy (non-hydrogen) atoms. The van der Waals surface area contributed by atoms with E-state index in [1.807, 2.05) is 18.2 Å². The molecule has 2 unspecified atom stereocenters. The summed E-state index contributed by atoms with van der Waals surface area (Å²) in [5, 5.41) is 7.60. The second-order valence-corrected chi connectivity index (χ2v) is 5.39. The van der Waals surface area contributed by atoms with Crippen molar-refractivity contribution in [2.45, 2.75) is 31.2 Å². The van der Waals surface area contributed by atoms with E-state index in [1.165, 1.54) is 12.8 Å². The van der Waals surface area contributed by atoms with Gasteiger partial charge in [0.15, 0.2) is 5.82 Å². The first kappa shape index (κ1) is 11.9. The van der Waals surface area contributed by atoms with Gasteiger partial charge in [0.1, 0.15) is 12.4 Å². The molecule has 1 aromatic carbocycles. The number of ether oxygens (including phenoxy) is 1. The molecule has 104 valence electrons. The van der Waals surface area contributed by atoms with Gasteiger partial charge in [-0.1, -0.05) is 29.8 Å². The molecule has 1 saturated heterocycles. The Bertz CT molecular complexity index is 605. The minimum atomic E-state index is 0.0901. The first-order valence-electron chi connectivity index (χ1n) is 7.20. The molecule has 2 atom stereocenters. The van der Waals surface area contributed by atoms with Gasteiger partial charge in [0.2, 0.25) is 5.89 Å². The lowest BCUT2D eigenvalue weighted by Crippen LogP contribution is -2.27. The Balaban J connectivity index is 1.59. The summed E-state index contributed by atoms with van der Waals surface area (Å²) in [6.07, 6.45) is 3.51. The first-order valence-corrected chi connectivity index (χ1v) is 7.20. The van der Waals surface area contributed by atoms with Gasteiger partial charge in [-0.3, -0.25) is 0 Å². The van der Waals surface area contributed by atoms with Crippen LogP contribution in [0.4, 0.5) is 0 Å². The molecule has 3 heterocycles. The molecule has 5 heteroatoms. The molecule has 0 saturated carbocycles. The van der Waals surface area contributed by atoms with Crippen LogP contribution in [0.25, 0.3) is 0 Å². The van der Waals surface area contributed by atoms with Crippen molar-refractivity contribution >= 4 is 0 Å². The van der Waals surface area contributed by atoms with Crippen molar-refractivity contribution in [3.8, 4) is 5.75 Å². The molecule has 0 spiro atoms. The number of para-hydroxylation sites is 1. The Morgan fingerprint density at radius 2 is 2.15 bits per heavy atom. The highest BCUT2D eigenvalue weighted by Gasteiger charge is 2.30. The molecule has 0 amide bonds. The zero-order valence-corrected chi connectivity index (χ0v) is 11.2. The molecule has 1 N–H and O–H groups in total. The highest BCUT2D eigenvalue weighted by atomic mass is 16.5. The maximum absolute atomic E-state index is 5.68. The van der Waals surface area contributed by atoms with E-state index < -0.39 is 0 Å². The van der Waals surface area contributed by atoms with E-state index >= 15 is 0 Å². The molecule has 1 fully saturated rings. The molecule has 0 bridgehead atoms. The minimum Gasteiger partial charge on any atom is -0.492 e. The van der Waals surface area contributed by atoms with E-state index in [4.69, 9.17) is 9.26 Å². The number of nitrogens with one attached hydrogen (secondary N) is 1. The van der Waals surface area contributed by atoms with Crippen LogP contribution >= 0.6 is 0 Å². The smallest absolute Gasteiger partial charge is 0.243 e. The van der Waals surface area contributed by atoms with Crippen LogP contribution in [0.5, 0.6) is 5.75 Å². The van der Waals surface area contributed by atoms with Crippen molar-refractivity contribution in [1.29, 1.82) is 0 Å². The number of piperidine rings is 1. The van der Waals surface area contributed by atoms with Gasteiger partial charge in [-0.2, -0.15) is 4.98 Å². The summed E-state index contributed by atoms with van der Waals surface area (Å²) in [4.78, 5) is 4.59. The largest absolute Gasteiger partial charge is 0.492 e. The number of fused-ring (bicyclic) bond motifs is 1. The quantitative estimate of drug-likeness (QED) is 0.909. The molecular formula is C15H17N3O2. The summed E-state index contributed by atoms with van der Waals surface area (Å²) in [6.45, 7) is 1.62. The number of hydrogen-bond donors (Lipinski definition) is 1. The van der Waals surface area contributed by atoms with Crippen molar-refractivity contribution in [1.82, 2.24) is 15.5 Å². The van der Waals surface area contributed by atoms with Crippen molar-refractivity contribution in [2.75, 3.05) is 13.2 Å². The third-order valence-electron chi connectivity index (χ3n) is 4.08. The Labute approximate surface area is 117 Å². The van der Waals surface area contributed by atoms with Crippen molar-refractivity contribution in [3.05, 3.63) is 41.5 Å². The third kappa shape index (κ3) is 1.98. The lowest BCUT2D eigenvalue weighted by atomic mass is 10.0. The molecule has 1 aromatic heterocycles. The molecule has 2 aliphatic heterocycles. The van der Waals surface area contributed by atoms with Crippen molar-refractivity contribution in [3.63, 3.8) is 0 Å². The molecule has 5 nitrogen and oxygen atoms in total. The Morgan fingerprint density at radius 1 is 1.20 bits per heavy atom. The SMILES string of the molecule is c1ccc2c(c1)OCC2c1noc(C2CCCCN2)n1. The Kier molecular flexibility index (Phi) is 2.92. The predicted octanol–water partition coefficient (Wildman–Crippen LogP) is 2.41. The van der Waals surface area contributed by atoms with Crippen LogP contribution in [0.2, 0.25) is 0 Å². The lowest BCUT2D eigenvalue weighted by Gasteiger charge is -2.19. The Hall–Kier alpha value is -1.88. The fraction of sp³-hybridized carbons (Fsp3) is 0.467. The topological polar surface area (TPSA) is 60.2 Å².